The molecule has 5 heteroatoms. The Balaban J connectivity index is 1.86. The normalized spacial score (nSPS) is 12.9. The van der Waals surface area contributed by atoms with E-state index < -0.39 is 11.6 Å². The van der Waals surface area contributed by atoms with Crippen LogP contribution in [0.5, 0.6) is 5.75 Å². The van der Waals surface area contributed by atoms with Gasteiger partial charge in [-0.2, -0.15) is 0 Å². The molecule has 0 radical (unpaired) electrons. The van der Waals surface area contributed by atoms with Gasteiger partial charge in [-0.15, -0.1) is 0 Å². The molecule has 0 aliphatic carbocycles. The summed E-state index contributed by atoms with van der Waals surface area (Å²) in [6.45, 7) is 0.859. The Bertz CT molecular complexity index is 640. The van der Waals surface area contributed by atoms with E-state index in [2.05, 4.69) is 5.32 Å². The minimum atomic E-state index is -0.621. The fourth-order valence-corrected chi connectivity index (χ4v) is 2.59. The molecule has 0 bridgehead atoms. The summed E-state index contributed by atoms with van der Waals surface area (Å²) in [7, 11) is 0. The predicted molar refractivity (Wildman–Crippen MR) is 74.3 cm³/mol. The number of rotatable bonds is 3. The first-order chi connectivity index (χ1) is 9.65. The monoisotopic (exact) mass is 295 g/mol. The molecule has 2 nitrogen and oxygen atoms in total. The third-order valence-electron chi connectivity index (χ3n) is 3.24. The van der Waals surface area contributed by atoms with Gasteiger partial charge >= 0.3 is 0 Å². The molecule has 0 unspecified atom stereocenters. The van der Waals surface area contributed by atoms with Crippen molar-refractivity contribution in [3.63, 3.8) is 0 Å². The molecular formula is C15H12ClF2NO. The maximum absolute atomic E-state index is 13.5. The summed E-state index contributed by atoms with van der Waals surface area (Å²) in [5.74, 6) is -0.479. The van der Waals surface area contributed by atoms with Crippen molar-refractivity contribution in [1.29, 1.82) is 0 Å². The van der Waals surface area contributed by atoms with Gasteiger partial charge in [-0.05, 0) is 29.8 Å². The zero-order valence-corrected chi connectivity index (χ0v) is 11.3. The van der Waals surface area contributed by atoms with Crippen LogP contribution in [0.3, 0.4) is 0 Å². The van der Waals surface area contributed by atoms with E-state index in [0.717, 1.165) is 23.3 Å². The van der Waals surface area contributed by atoms with Crippen molar-refractivity contribution in [1.82, 2.24) is 0 Å². The van der Waals surface area contributed by atoms with Gasteiger partial charge in [0.1, 0.15) is 23.1 Å². The van der Waals surface area contributed by atoms with E-state index in [1.807, 2.05) is 6.07 Å². The third-order valence-corrected chi connectivity index (χ3v) is 3.46. The van der Waals surface area contributed by atoms with Crippen molar-refractivity contribution in [3.8, 4) is 5.75 Å². The Kier molecular flexibility index (Phi) is 3.49. The molecule has 104 valence electrons. The van der Waals surface area contributed by atoms with Crippen LogP contribution >= 0.6 is 11.6 Å². The molecule has 1 N–H and O–H groups in total. The number of hydrogen-bond acceptors (Lipinski definition) is 2. The van der Waals surface area contributed by atoms with E-state index in [1.165, 1.54) is 18.2 Å². The number of nitrogens with one attached hydrogen (secondary N) is 1. The maximum atomic E-state index is 13.5. The van der Waals surface area contributed by atoms with Crippen molar-refractivity contribution in [2.45, 2.75) is 13.0 Å². The molecule has 2 aromatic carbocycles. The summed E-state index contributed by atoms with van der Waals surface area (Å²) < 4.78 is 32.6. The van der Waals surface area contributed by atoms with Crippen LogP contribution in [0.4, 0.5) is 14.5 Å². The van der Waals surface area contributed by atoms with Crippen LogP contribution in [-0.4, -0.2) is 6.61 Å². The third kappa shape index (κ3) is 2.43. The van der Waals surface area contributed by atoms with Crippen LogP contribution in [0.15, 0.2) is 30.3 Å². The Labute approximate surface area is 120 Å². The topological polar surface area (TPSA) is 21.3 Å². The molecule has 1 aliphatic heterocycles. The molecule has 3 rings (SSSR count). The standard InChI is InChI=1S/C15H12ClF2NO/c16-11-6-9-4-5-20-15(9)10(7-11)8-19-14-12(17)2-1-3-13(14)18/h1-3,6-7,19H,4-5,8H2. The van der Waals surface area contributed by atoms with E-state index in [9.17, 15) is 8.78 Å². The lowest BCUT2D eigenvalue weighted by molar-refractivity contribution is 0.354. The van der Waals surface area contributed by atoms with E-state index in [1.54, 1.807) is 6.07 Å². The summed E-state index contributed by atoms with van der Waals surface area (Å²) in [6.07, 6.45) is 0.803. The van der Waals surface area contributed by atoms with Crippen LogP contribution in [-0.2, 0) is 13.0 Å². The van der Waals surface area contributed by atoms with Crippen molar-refractivity contribution >= 4 is 17.3 Å². The Morgan fingerprint density at radius 1 is 1.20 bits per heavy atom. The molecule has 0 amide bonds. The molecule has 0 saturated carbocycles. The van der Waals surface area contributed by atoms with Gasteiger partial charge in [0.2, 0.25) is 0 Å². The summed E-state index contributed by atoms with van der Waals surface area (Å²) in [6, 6.07) is 7.36. The van der Waals surface area contributed by atoms with Gasteiger partial charge in [0.25, 0.3) is 0 Å². The Morgan fingerprint density at radius 3 is 2.70 bits per heavy atom. The highest BCUT2D eigenvalue weighted by Crippen LogP contribution is 2.33. The maximum Gasteiger partial charge on any atom is 0.149 e. The highest BCUT2D eigenvalue weighted by molar-refractivity contribution is 6.30. The zero-order chi connectivity index (χ0) is 14.1. The fourth-order valence-electron chi connectivity index (χ4n) is 2.33. The molecular weight excluding hydrogens is 284 g/mol. The first-order valence-corrected chi connectivity index (χ1v) is 6.65. The van der Waals surface area contributed by atoms with Gasteiger partial charge < -0.3 is 10.1 Å². The van der Waals surface area contributed by atoms with E-state index >= 15 is 0 Å². The van der Waals surface area contributed by atoms with Gasteiger partial charge in [-0.3, -0.25) is 0 Å². The van der Waals surface area contributed by atoms with Gasteiger partial charge in [0.15, 0.2) is 0 Å². The summed E-state index contributed by atoms with van der Waals surface area (Å²) in [5.41, 5.74) is 1.69. The van der Waals surface area contributed by atoms with Crippen LogP contribution < -0.4 is 10.1 Å². The van der Waals surface area contributed by atoms with Gasteiger partial charge in [0, 0.05) is 23.6 Å². The first-order valence-electron chi connectivity index (χ1n) is 6.27. The lowest BCUT2D eigenvalue weighted by Gasteiger charge is -2.12. The van der Waals surface area contributed by atoms with Gasteiger partial charge in [0.05, 0.1) is 6.61 Å². The second kappa shape index (κ2) is 5.29. The minimum absolute atomic E-state index is 0.140. The highest BCUT2D eigenvalue weighted by Gasteiger charge is 2.18. The summed E-state index contributed by atoms with van der Waals surface area (Å²) >= 11 is 6.04. The number of para-hydroxylation sites is 1. The molecule has 1 aliphatic rings. The first kappa shape index (κ1) is 13.2. The van der Waals surface area contributed by atoms with Gasteiger partial charge in [-0.1, -0.05) is 17.7 Å². The number of halogens is 3. The fraction of sp³-hybridized carbons (Fsp3) is 0.200. The molecule has 0 spiro atoms. The highest BCUT2D eigenvalue weighted by atomic mass is 35.5. The van der Waals surface area contributed by atoms with Gasteiger partial charge in [-0.25, -0.2) is 8.78 Å². The predicted octanol–water partition coefficient (Wildman–Crippen LogP) is 4.17. The largest absolute Gasteiger partial charge is 0.493 e. The average molecular weight is 296 g/mol. The minimum Gasteiger partial charge on any atom is -0.493 e. The second-order valence-corrected chi connectivity index (χ2v) is 5.04. The molecule has 2 aromatic rings. The van der Waals surface area contributed by atoms with E-state index in [4.69, 9.17) is 16.3 Å². The molecule has 1 heterocycles. The van der Waals surface area contributed by atoms with Crippen molar-refractivity contribution in [2.75, 3.05) is 11.9 Å². The molecule has 20 heavy (non-hydrogen) atoms. The number of benzene rings is 2. The average Bonchev–Trinajstić information content (AvgIpc) is 2.86. The molecule has 0 fully saturated rings. The van der Waals surface area contributed by atoms with Crippen LogP contribution in [0.25, 0.3) is 0 Å². The van der Waals surface area contributed by atoms with Crippen molar-refractivity contribution in [2.24, 2.45) is 0 Å². The van der Waals surface area contributed by atoms with Crippen molar-refractivity contribution < 1.29 is 13.5 Å². The van der Waals surface area contributed by atoms with E-state index in [-0.39, 0.29) is 12.2 Å². The Hall–Kier alpha value is -1.81. The van der Waals surface area contributed by atoms with E-state index in [0.29, 0.717) is 11.6 Å². The zero-order valence-electron chi connectivity index (χ0n) is 10.6. The lowest BCUT2D eigenvalue weighted by atomic mass is 10.1. The Morgan fingerprint density at radius 2 is 1.95 bits per heavy atom. The number of hydrogen-bond donors (Lipinski definition) is 1. The van der Waals surface area contributed by atoms with Crippen LogP contribution in [0, 0.1) is 11.6 Å². The molecule has 0 atom stereocenters. The van der Waals surface area contributed by atoms with Crippen molar-refractivity contribution in [3.05, 3.63) is 58.1 Å². The smallest absolute Gasteiger partial charge is 0.149 e. The number of fused-ring (bicyclic) bond motifs is 1. The molecule has 0 aromatic heterocycles. The number of ether oxygens (including phenoxy) is 1. The second-order valence-electron chi connectivity index (χ2n) is 4.60. The van der Waals surface area contributed by atoms with Crippen LogP contribution in [0.2, 0.25) is 5.02 Å². The lowest BCUT2D eigenvalue weighted by Crippen LogP contribution is -2.05. The summed E-state index contributed by atoms with van der Waals surface area (Å²) in [4.78, 5) is 0. The molecule has 0 saturated heterocycles. The summed E-state index contributed by atoms with van der Waals surface area (Å²) in [5, 5.41) is 3.36. The quantitative estimate of drug-likeness (QED) is 0.918. The number of anilines is 1. The van der Waals surface area contributed by atoms with Crippen LogP contribution in [0.1, 0.15) is 11.1 Å². The SMILES string of the molecule is Fc1cccc(F)c1NCc1cc(Cl)cc2c1OCC2.